The summed E-state index contributed by atoms with van der Waals surface area (Å²) in [6, 6.07) is 1.08. The van der Waals surface area contributed by atoms with Crippen molar-refractivity contribution in [2.75, 3.05) is 20.1 Å². The van der Waals surface area contributed by atoms with Crippen LogP contribution in [0.2, 0.25) is 0 Å². The second-order valence-electron chi connectivity index (χ2n) is 5.64. The van der Waals surface area contributed by atoms with Crippen molar-refractivity contribution in [1.29, 1.82) is 0 Å². The zero-order chi connectivity index (χ0) is 15.8. The molecule has 0 aliphatic heterocycles. The molecule has 0 atom stereocenters. The molecule has 0 spiro atoms. The third-order valence-electron chi connectivity index (χ3n) is 3.43. The van der Waals surface area contributed by atoms with Gasteiger partial charge in [0.05, 0.1) is 6.54 Å². The SMILES string of the molecule is CN=C(NCCN(C(C)C)C(C)C)NCc1nncn1C.I. The summed E-state index contributed by atoms with van der Waals surface area (Å²) in [5.41, 5.74) is 0. The molecule has 0 radical (unpaired) electrons. The molecule has 0 saturated heterocycles. The Bertz CT molecular complexity index is 434. The lowest BCUT2D eigenvalue weighted by Gasteiger charge is -2.30. The van der Waals surface area contributed by atoms with Gasteiger partial charge >= 0.3 is 0 Å². The van der Waals surface area contributed by atoms with Crippen molar-refractivity contribution in [3.63, 3.8) is 0 Å². The Hall–Kier alpha value is -0.900. The molecule has 0 amide bonds. The highest BCUT2D eigenvalue weighted by Crippen LogP contribution is 2.03. The topological polar surface area (TPSA) is 70.4 Å². The molecule has 0 fully saturated rings. The standard InChI is InChI=1S/C14H29N7.HI/c1-11(2)21(12(3)4)8-7-16-14(15-5)17-9-13-19-18-10-20(13)6;/h10-12H,7-9H2,1-6H3,(H2,15,16,17);1H. The fraction of sp³-hybridized carbons (Fsp3) is 0.786. The zero-order valence-corrected chi connectivity index (χ0v) is 16.8. The molecular weight excluding hydrogens is 393 g/mol. The number of nitrogens with zero attached hydrogens (tertiary/aromatic N) is 5. The molecule has 8 heteroatoms. The normalized spacial score (nSPS) is 12.0. The van der Waals surface area contributed by atoms with E-state index in [9.17, 15) is 0 Å². The molecule has 0 aliphatic rings. The minimum Gasteiger partial charge on any atom is -0.355 e. The smallest absolute Gasteiger partial charge is 0.191 e. The maximum atomic E-state index is 4.22. The quantitative estimate of drug-likeness (QED) is 0.392. The van der Waals surface area contributed by atoms with Crippen LogP contribution in [0.3, 0.4) is 0 Å². The second-order valence-corrected chi connectivity index (χ2v) is 5.64. The zero-order valence-electron chi connectivity index (χ0n) is 14.5. The van der Waals surface area contributed by atoms with Gasteiger partial charge in [0, 0.05) is 39.3 Å². The van der Waals surface area contributed by atoms with Crippen LogP contribution in [0, 0.1) is 0 Å². The van der Waals surface area contributed by atoms with E-state index in [1.165, 1.54) is 0 Å². The van der Waals surface area contributed by atoms with Gasteiger partial charge in [-0.05, 0) is 27.7 Å². The van der Waals surface area contributed by atoms with Crippen LogP contribution >= 0.6 is 24.0 Å². The highest BCUT2D eigenvalue weighted by molar-refractivity contribution is 14.0. The van der Waals surface area contributed by atoms with Gasteiger partial charge in [-0.2, -0.15) is 0 Å². The van der Waals surface area contributed by atoms with Crippen molar-refractivity contribution >= 4 is 29.9 Å². The van der Waals surface area contributed by atoms with Crippen LogP contribution in [0.5, 0.6) is 0 Å². The number of rotatable bonds is 7. The van der Waals surface area contributed by atoms with Gasteiger partial charge in [0.1, 0.15) is 6.33 Å². The largest absolute Gasteiger partial charge is 0.355 e. The number of nitrogens with one attached hydrogen (secondary N) is 2. The van der Waals surface area contributed by atoms with Crippen LogP contribution in [-0.4, -0.2) is 57.8 Å². The predicted octanol–water partition coefficient (Wildman–Crippen LogP) is 1.22. The van der Waals surface area contributed by atoms with Crippen molar-refractivity contribution in [3.05, 3.63) is 12.2 Å². The van der Waals surface area contributed by atoms with Gasteiger partial charge < -0.3 is 15.2 Å². The molecule has 128 valence electrons. The second kappa shape index (κ2) is 10.8. The monoisotopic (exact) mass is 423 g/mol. The fourth-order valence-corrected chi connectivity index (χ4v) is 2.27. The van der Waals surface area contributed by atoms with E-state index < -0.39 is 0 Å². The Kier molecular flexibility index (Phi) is 10.3. The minimum atomic E-state index is 0. The lowest BCUT2D eigenvalue weighted by molar-refractivity contribution is 0.178. The van der Waals surface area contributed by atoms with Crippen molar-refractivity contribution in [3.8, 4) is 0 Å². The first-order valence-corrected chi connectivity index (χ1v) is 7.48. The molecule has 1 aromatic rings. The fourth-order valence-electron chi connectivity index (χ4n) is 2.27. The Morgan fingerprint density at radius 3 is 2.36 bits per heavy atom. The van der Waals surface area contributed by atoms with Gasteiger partial charge in [0.2, 0.25) is 0 Å². The molecule has 2 N–H and O–H groups in total. The summed E-state index contributed by atoms with van der Waals surface area (Å²) < 4.78 is 1.89. The lowest BCUT2D eigenvalue weighted by atomic mass is 10.2. The number of aryl methyl sites for hydroxylation is 1. The van der Waals surface area contributed by atoms with Crippen LogP contribution in [0.4, 0.5) is 0 Å². The van der Waals surface area contributed by atoms with E-state index in [1.807, 2.05) is 11.6 Å². The van der Waals surface area contributed by atoms with Crippen LogP contribution in [0.15, 0.2) is 11.3 Å². The Morgan fingerprint density at radius 1 is 1.27 bits per heavy atom. The summed E-state index contributed by atoms with van der Waals surface area (Å²) in [7, 11) is 3.70. The first-order chi connectivity index (χ1) is 9.95. The minimum absolute atomic E-state index is 0. The van der Waals surface area contributed by atoms with Gasteiger partial charge in [0.15, 0.2) is 11.8 Å². The lowest BCUT2D eigenvalue weighted by Crippen LogP contribution is -2.45. The van der Waals surface area contributed by atoms with E-state index in [0.717, 1.165) is 24.9 Å². The summed E-state index contributed by atoms with van der Waals surface area (Å²) in [5, 5.41) is 14.5. The molecule has 22 heavy (non-hydrogen) atoms. The average molecular weight is 423 g/mol. The molecule has 0 aromatic carbocycles. The molecule has 0 unspecified atom stereocenters. The average Bonchev–Trinajstić information content (AvgIpc) is 2.82. The third kappa shape index (κ3) is 6.91. The van der Waals surface area contributed by atoms with Crippen molar-refractivity contribution in [1.82, 2.24) is 30.3 Å². The number of guanidine groups is 1. The van der Waals surface area contributed by atoms with Gasteiger partial charge in [-0.15, -0.1) is 34.2 Å². The molecule has 0 aliphatic carbocycles. The van der Waals surface area contributed by atoms with Crippen molar-refractivity contribution in [2.24, 2.45) is 12.0 Å². The summed E-state index contributed by atoms with van der Waals surface area (Å²) in [6.07, 6.45) is 1.69. The number of hydrogen-bond donors (Lipinski definition) is 2. The Labute approximate surface area is 151 Å². The number of aromatic nitrogens is 3. The molecule has 1 aromatic heterocycles. The van der Waals surface area contributed by atoms with Gasteiger partial charge in [-0.25, -0.2) is 0 Å². The van der Waals surface area contributed by atoms with Crippen LogP contribution in [0.25, 0.3) is 0 Å². The molecule has 0 bridgehead atoms. The number of halogens is 1. The van der Waals surface area contributed by atoms with E-state index in [0.29, 0.717) is 18.6 Å². The highest BCUT2D eigenvalue weighted by atomic mass is 127. The predicted molar refractivity (Wildman–Crippen MR) is 102 cm³/mol. The molecule has 7 nitrogen and oxygen atoms in total. The maximum Gasteiger partial charge on any atom is 0.191 e. The van der Waals surface area contributed by atoms with Gasteiger partial charge in [-0.3, -0.25) is 9.89 Å². The maximum absolute atomic E-state index is 4.22. The molecule has 1 rings (SSSR count). The first-order valence-electron chi connectivity index (χ1n) is 7.48. The van der Waals surface area contributed by atoms with E-state index in [2.05, 4.69) is 58.4 Å². The van der Waals surface area contributed by atoms with Gasteiger partial charge in [-0.1, -0.05) is 0 Å². The van der Waals surface area contributed by atoms with E-state index >= 15 is 0 Å². The van der Waals surface area contributed by atoms with E-state index in [1.54, 1.807) is 13.4 Å². The highest BCUT2D eigenvalue weighted by Gasteiger charge is 2.12. The molecule has 0 saturated carbocycles. The first kappa shape index (κ1) is 21.1. The van der Waals surface area contributed by atoms with Crippen molar-refractivity contribution in [2.45, 2.75) is 46.3 Å². The summed E-state index contributed by atoms with van der Waals surface area (Å²) in [6.45, 7) is 11.3. The van der Waals surface area contributed by atoms with Gasteiger partial charge in [0.25, 0.3) is 0 Å². The van der Waals surface area contributed by atoms with Crippen LogP contribution in [0.1, 0.15) is 33.5 Å². The number of hydrogen-bond acceptors (Lipinski definition) is 4. The van der Waals surface area contributed by atoms with Crippen molar-refractivity contribution < 1.29 is 0 Å². The molecule has 1 heterocycles. The number of aliphatic imine (C=N–C) groups is 1. The summed E-state index contributed by atoms with van der Waals surface area (Å²) in [4.78, 5) is 6.67. The summed E-state index contributed by atoms with van der Waals surface area (Å²) in [5.74, 6) is 1.66. The Balaban J connectivity index is 0.00000441. The van der Waals surface area contributed by atoms with E-state index in [4.69, 9.17) is 0 Å². The van der Waals surface area contributed by atoms with Crippen LogP contribution < -0.4 is 10.6 Å². The van der Waals surface area contributed by atoms with E-state index in [-0.39, 0.29) is 24.0 Å². The Morgan fingerprint density at radius 2 is 1.91 bits per heavy atom. The third-order valence-corrected chi connectivity index (χ3v) is 3.43. The van der Waals surface area contributed by atoms with Crippen LogP contribution in [-0.2, 0) is 13.6 Å². The summed E-state index contributed by atoms with van der Waals surface area (Å²) >= 11 is 0. The molecular formula is C14H30IN7.